The van der Waals surface area contributed by atoms with Crippen LogP contribution < -0.4 is 10.6 Å². The summed E-state index contributed by atoms with van der Waals surface area (Å²) in [5.41, 5.74) is -1.42. The average molecular weight is 297 g/mol. The first-order valence-electron chi connectivity index (χ1n) is 6.46. The Morgan fingerprint density at radius 1 is 1.43 bits per heavy atom. The number of carbonyl (C=O) groups excluding carboxylic acids is 1. The summed E-state index contributed by atoms with van der Waals surface area (Å²) in [5, 5.41) is 14.1. The summed E-state index contributed by atoms with van der Waals surface area (Å²) >= 11 is 0. The van der Waals surface area contributed by atoms with Crippen molar-refractivity contribution in [3.05, 3.63) is 29.3 Å². The minimum atomic E-state index is -4.63. The summed E-state index contributed by atoms with van der Waals surface area (Å²) in [7, 11) is 0. The molecule has 7 heteroatoms. The first kappa shape index (κ1) is 15.3. The van der Waals surface area contributed by atoms with Gasteiger partial charge in [-0.2, -0.15) is 18.4 Å². The molecule has 1 aromatic rings. The molecule has 0 aliphatic carbocycles. The Bertz CT molecular complexity index is 592. The molecule has 21 heavy (non-hydrogen) atoms. The first-order chi connectivity index (χ1) is 9.82. The van der Waals surface area contributed by atoms with E-state index in [4.69, 9.17) is 5.26 Å². The maximum Gasteiger partial charge on any atom is 0.418 e. The van der Waals surface area contributed by atoms with Crippen molar-refractivity contribution in [2.24, 2.45) is 11.8 Å². The van der Waals surface area contributed by atoms with Gasteiger partial charge in [0.05, 0.1) is 28.8 Å². The quantitative estimate of drug-likeness (QED) is 0.881. The number of carbonyl (C=O) groups is 1. The molecule has 2 N–H and O–H groups in total. The summed E-state index contributed by atoms with van der Waals surface area (Å²) < 4.78 is 39.0. The molecule has 2 unspecified atom stereocenters. The van der Waals surface area contributed by atoms with Crippen molar-refractivity contribution in [2.75, 3.05) is 18.4 Å². The van der Waals surface area contributed by atoms with E-state index in [1.807, 2.05) is 6.92 Å². The number of amides is 1. The topological polar surface area (TPSA) is 64.9 Å². The number of nitrogens with zero attached hydrogens (tertiary/aromatic N) is 1. The monoisotopic (exact) mass is 297 g/mol. The van der Waals surface area contributed by atoms with Gasteiger partial charge in [0, 0.05) is 6.54 Å². The summed E-state index contributed by atoms with van der Waals surface area (Å²) in [4.78, 5) is 12.1. The molecule has 4 nitrogen and oxygen atoms in total. The number of benzene rings is 1. The van der Waals surface area contributed by atoms with Crippen LogP contribution in [0, 0.1) is 23.2 Å². The van der Waals surface area contributed by atoms with Gasteiger partial charge in [0.15, 0.2) is 0 Å². The summed E-state index contributed by atoms with van der Waals surface area (Å²) in [6.07, 6.45) is -4.63. The molecule has 0 radical (unpaired) electrons. The van der Waals surface area contributed by atoms with E-state index in [-0.39, 0.29) is 23.1 Å². The van der Waals surface area contributed by atoms with Gasteiger partial charge in [-0.25, -0.2) is 0 Å². The molecule has 2 atom stereocenters. The Balaban J connectivity index is 2.27. The van der Waals surface area contributed by atoms with Gasteiger partial charge in [-0.1, -0.05) is 6.92 Å². The number of hydrogen-bond acceptors (Lipinski definition) is 3. The zero-order valence-electron chi connectivity index (χ0n) is 11.3. The molecule has 0 saturated carbocycles. The minimum Gasteiger partial charge on any atom is -0.325 e. The highest BCUT2D eigenvalue weighted by Crippen LogP contribution is 2.35. The Labute approximate surface area is 119 Å². The fourth-order valence-electron chi connectivity index (χ4n) is 2.34. The fraction of sp³-hybridized carbons (Fsp3) is 0.429. The standard InChI is InChI=1S/C14H14F3N3O/c1-8-6-19-7-10(8)13(21)20-12-3-2-9(5-18)4-11(12)14(15,16)17/h2-4,8,10,19H,6-7H2,1H3,(H,20,21). The van der Waals surface area contributed by atoms with E-state index in [0.717, 1.165) is 12.1 Å². The third-order valence-corrected chi connectivity index (χ3v) is 3.57. The minimum absolute atomic E-state index is 0.0673. The Kier molecular flexibility index (Phi) is 4.19. The summed E-state index contributed by atoms with van der Waals surface area (Å²) in [6.45, 7) is 2.98. The number of rotatable bonds is 2. The van der Waals surface area contributed by atoms with Crippen LogP contribution in [-0.4, -0.2) is 19.0 Å². The highest BCUT2D eigenvalue weighted by atomic mass is 19.4. The van der Waals surface area contributed by atoms with Crippen molar-refractivity contribution < 1.29 is 18.0 Å². The lowest BCUT2D eigenvalue weighted by atomic mass is 9.97. The molecular weight excluding hydrogens is 283 g/mol. The second-order valence-electron chi connectivity index (χ2n) is 5.10. The first-order valence-corrected chi connectivity index (χ1v) is 6.46. The molecule has 1 fully saturated rings. The molecule has 0 bridgehead atoms. The highest BCUT2D eigenvalue weighted by Gasteiger charge is 2.36. The van der Waals surface area contributed by atoms with E-state index in [1.54, 1.807) is 6.07 Å². The van der Waals surface area contributed by atoms with Gasteiger partial charge < -0.3 is 10.6 Å². The van der Waals surface area contributed by atoms with Crippen LogP contribution in [0.2, 0.25) is 0 Å². The molecular formula is C14H14F3N3O. The Hall–Kier alpha value is -2.07. The molecule has 1 aromatic carbocycles. The van der Waals surface area contributed by atoms with Gasteiger partial charge in [-0.15, -0.1) is 0 Å². The number of nitrogens with one attached hydrogen (secondary N) is 2. The molecule has 1 amide bonds. The van der Waals surface area contributed by atoms with Gasteiger partial charge in [-0.3, -0.25) is 4.79 Å². The molecule has 0 spiro atoms. The second kappa shape index (κ2) is 5.74. The fourth-order valence-corrected chi connectivity index (χ4v) is 2.34. The molecule has 2 rings (SSSR count). The zero-order chi connectivity index (χ0) is 15.6. The molecule has 1 aliphatic rings. The lowest BCUT2D eigenvalue weighted by molar-refractivity contribution is -0.137. The number of anilines is 1. The van der Waals surface area contributed by atoms with Crippen molar-refractivity contribution in [3.63, 3.8) is 0 Å². The van der Waals surface area contributed by atoms with Crippen LogP contribution in [0.5, 0.6) is 0 Å². The summed E-state index contributed by atoms with van der Waals surface area (Å²) in [6, 6.07) is 4.77. The predicted octanol–water partition coefficient (Wildman–Crippen LogP) is 2.37. The molecule has 1 heterocycles. The number of nitriles is 1. The van der Waals surface area contributed by atoms with Crippen molar-refractivity contribution in [1.82, 2.24) is 5.32 Å². The number of hydrogen-bond donors (Lipinski definition) is 2. The van der Waals surface area contributed by atoms with Crippen molar-refractivity contribution in [1.29, 1.82) is 5.26 Å². The smallest absolute Gasteiger partial charge is 0.325 e. The predicted molar refractivity (Wildman–Crippen MR) is 70.3 cm³/mol. The second-order valence-corrected chi connectivity index (χ2v) is 5.10. The number of alkyl halides is 3. The Morgan fingerprint density at radius 3 is 2.67 bits per heavy atom. The van der Waals surface area contributed by atoms with Gasteiger partial charge in [0.1, 0.15) is 0 Å². The lowest BCUT2D eigenvalue weighted by Crippen LogP contribution is -2.28. The van der Waals surface area contributed by atoms with Gasteiger partial charge in [0.2, 0.25) is 5.91 Å². The van der Waals surface area contributed by atoms with E-state index in [9.17, 15) is 18.0 Å². The van der Waals surface area contributed by atoms with E-state index in [1.165, 1.54) is 6.07 Å². The maximum atomic E-state index is 13.0. The van der Waals surface area contributed by atoms with E-state index >= 15 is 0 Å². The average Bonchev–Trinajstić information content (AvgIpc) is 2.84. The van der Waals surface area contributed by atoms with Gasteiger partial charge in [0.25, 0.3) is 0 Å². The largest absolute Gasteiger partial charge is 0.418 e. The van der Waals surface area contributed by atoms with Gasteiger partial charge >= 0.3 is 6.18 Å². The van der Waals surface area contributed by atoms with Crippen LogP contribution in [0.3, 0.4) is 0 Å². The van der Waals surface area contributed by atoms with Crippen LogP contribution in [0.25, 0.3) is 0 Å². The molecule has 1 aliphatic heterocycles. The van der Waals surface area contributed by atoms with Crippen LogP contribution in [0.4, 0.5) is 18.9 Å². The molecule has 0 aromatic heterocycles. The zero-order valence-corrected chi connectivity index (χ0v) is 11.3. The van der Waals surface area contributed by atoms with Crippen molar-refractivity contribution in [3.8, 4) is 6.07 Å². The highest BCUT2D eigenvalue weighted by molar-refractivity contribution is 5.94. The van der Waals surface area contributed by atoms with E-state index in [0.29, 0.717) is 13.1 Å². The molecule has 1 saturated heterocycles. The SMILES string of the molecule is CC1CNCC1C(=O)Nc1ccc(C#N)cc1C(F)(F)F. The van der Waals surface area contributed by atoms with Crippen molar-refractivity contribution >= 4 is 11.6 Å². The lowest BCUT2D eigenvalue weighted by Gasteiger charge is -2.17. The number of halogens is 3. The third-order valence-electron chi connectivity index (χ3n) is 3.57. The third kappa shape index (κ3) is 3.34. The van der Waals surface area contributed by atoms with Gasteiger partial charge in [-0.05, 0) is 30.7 Å². The molecule has 112 valence electrons. The van der Waals surface area contributed by atoms with Crippen LogP contribution in [-0.2, 0) is 11.0 Å². The van der Waals surface area contributed by atoms with E-state index < -0.39 is 17.6 Å². The van der Waals surface area contributed by atoms with Crippen LogP contribution in [0.1, 0.15) is 18.1 Å². The van der Waals surface area contributed by atoms with Crippen molar-refractivity contribution in [2.45, 2.75) is 13.1 Å². The van der Waals surface area contributed by atoms with E-state index in [2.05, 4.69) is 10.6 Å². The Morgan fingerprint density at radius 2 is 2.14 bits per heavy atom. The van der Waals surface area contributed by atoms with Crippen LogP contribution in [0.15, 0.2) is 18.2 Å². The maximum absolute atomic E-state index is 13.0. The summed E-state index contributed by atoms with van der Waals surface area (Å²) in [5.74, 6) is -0.734. The normalized spacial score (nSPS) is 21.9. The van der Waals surface area contributed by atoms with Crippen LogP contribution >= 0.6 is 0 Å².